The molecule has 2 fully saturated rings. The van der Waals surface area contributed by atoms with Crippen LogP contribution in [0.1, 0.15) is 13.3 Å². The zero-order chi connectivity index (χ0) is 15.6. The van der Waals surface area contributed by atoms with Gasteiger partial charge in [0.25, 0.3) is 5.88 Å². The van der Waals surface area contributed by atoms with Crippen molar-refractivity contribution in [2.75, 3.05) is 32.1 Å². The molecule has 22 heavy (non-hydrogen) atoms. The van der Waals surface area contributed by atoms with Gasteiger partial charge in [-0.05, 0) is 19.1 Å². The van der Waals surface area contributed by atoms with E-state index in [0.717, 1.165) is 12.2 Å². The molecule has 2 aliphatic heterocycles. The molecule has 0 N–H and O–H groups in total. The van der Waals surface area contributed by atoms with Crippen molar-refractivity contribution in [2.45, 2.75) is 24.2 Å². The van der Waals surface area contributed by atoms with E-state index < -0.39 is 5.82 Å². The fraction of sp³-hybridized carbons (Fsp3) is 0.600. The predicted molar refractivity (Wildman–Crippen MR) is 81.5 cm³/mol. The molecule has 2 saturated heterocycles. The fourth-order valence-corrected chi connectivity index (χ4v) is 4.34. The standard InChI is InChI=1S/C15H19FN2O3S/c1-2-20-7-13(19)18-9-15(10-18)6-11(8-22-15)21-14-12(16)4-3-5-17-14/h3-5,11H,2,6-10H2,1H3/t11-/m1/s1. The molecule has 0 aliphatic carbocycles. The van der Waals surface area contributed by atoms with Crippen molar-refractivity contribution in [3.8, 4) is 5.88 Å². The van der Waals surface area contributed by atoms with Crippen molar-refractivity contribution >= 4 is 17.7 Å². The SMILES string of the molecule is CCOCC(=O)N1CC2(C[C@@H](Oc3ncccc3F)CS2)C1. The van der Waals surface area contributed by atoms with E-state index in [0.29, 0.717) is 19.7 Å². The highest BCUT2D eigenvalue weighted by Gasteiger charge is 2.51. The Labute approximate surface area is 133 Å². The third-order valence-electron chi connectivity index (χ3n) is 3.92. The number of carbonyl (C=O) groups excluding carboxylic acids is 1. The van der Waals surface area contributed by atoms with E-state index in [2.05, 4.69) is 4.98 Å². The van der Waals surface area contributed by atoms with E-state index in [1.165, 1.54) is 12.3 Å². The Morgan fingerprint density at radius 2 is 2.41 bits per heavy atom. The second-order valence-corrected chi connectivity index (χ2v) is 7.10. The van der Waals surface area contributed by atoms with Gasteiger partial charge >= 0.3 is 0 Å². The van der Waals surface area contributed by atoms with E-state index in [-0.39, 0.29) is 29.2 Å². The van der Waals surface area contributed by atoms with Crippen LogP contribution in [0.25, 0.3) is 0 Å². The molecule has 1 atom stereocenters. The van der Waals surface area contributed by atoms with Crippen LogP contribution in [-0.2, 0) is 9.53 Å². The Morgan fingerprint density at radius 3 is 3.14 bits per heavy atom. The Bertz CT molecular complexity index is 551. The van der Waals surface area contributed by atoms with Gasteiger partial charge in [0.2, 0.25) is 5.91 Å². The van der Waals surface area contributed by atoms with Crippen LogP contribution in [0.2, 0.25) is 0 Å². The molecule has 2 aliphatic rings. The fourth-order valence-electron chi connectivity index (χ4n) is 2.82. The van der Waals surface area contributed by atoms with E-state index in [1.54, 1.807) is 17.8 Å². The summed E-state index contributed by atoms with van der Waals surface area (Å²) in [6.07, 6.45) is 2.28. The monoisotopic (exact) mass is 326 g/mol. The number of pyridine rings is 1. The minimum absolute atomic E-state index is 0.0354. The van der Waals surface area contributed by atoms with Gasteiger partial charge in [-0.2, -0.15) is 0 Å². The molecule has 3 heterocycles. The van der Waals surface area contributed by atoms with Gasteiger partial charge in [-0.3, -0.25) is 4.79 Å². The number of ether oxygens (including phenoxy) is 2. The number of nitrogens with zero attached hydrogens (tertiary/aromatic N) is 2. The second kappa shape index (κ2) is 6.42. The van der Waals surface area contributed by atoms with Gasteiger partial charge in [0.1, 0.15) is 12.7 Å². The van der Waals surface area contributed by atoms with E-state index in [9.17, 15) is 9.18 Å². The Kier molecular flexibility index (Phi) is 4.54. The van der Waals surface area contributed by atoms with Crippen LogP contribution in [0.5, 0.6) is 5.88 Å². The van der Waals surface area contributed by atoms with Crippen LogP contribution in [0.3, 0.4) is 0 Å². The van der Waals surface area contributed by atoms with E-state index in [4.69, 9.17) is 9.47 Å². The molecule has 1 aromatic heterocycles. The van der Waals surface area contributed by atoms with Crippen molar-refractivity contribution in [2.24, 2.45) is 0 Å². The molecule has 3 rings (SSSR count). The van der Waals surface area contributed by atoms with Crippen molar-refractivity contribution in [3.63, 3.8) is 0 Å². The number of aromatic nitrogens is 1. The Morgan fingerprint density at radius 1 is 1.59 bits per heavy atom. The first-order chi connectivity index (χ1) is 10.6. The Balaban J connectivity index is 1.50. The minimum Gasteiger partial charge on any atom is -0.471 e. The molecule has 1 aromatic rings. The lowest BCUT2D eigenvalue weighted by atomic mass is 9.93. The van der Waals surface area contributed by atoms with Crippen LogP contribution in [0, 0.1) is 5.82 Å². The summed E-state index contributed by atoms with van der Waals surface area (Å²) in [4.78, 5) is 17.6. The van der Waals surface area contributed by atoms with E-state index in [1.807, 2.05) is 11.8 Å². The molecular formula is C15H19FN2O3S. The van der Waals surface area contributed by atoms with Gasteiger partial charge in [0.05, 0.1) is 4.75 Å². The van der Waals surface area contributed by atoms with Gasteiger partial charge < -0.3 is 14.4 Å². The lowest BCUT2D eigenvalue weighted by Crippen LogP contribution is -2.61. The van der Waals surface area contributed by atoms with E-state index >= 15 is 0 Å². The number of carbonyl (C=O) groups is 1. The maximum atomic E-state index is 13.6. The number of rotatable bonds is 5. The molecule has 0 bridgehead atoms. The molecular weight excluding hydrogens is 307 g/mol. The molecule has 7 heteroatoms. The van der Waals surface area contributed by atoms with Crippen molar-refractivity contribution in [1.29, 1.82) is 0 Å². The summed E-state index contributed by atoms with van der Waals surface area (Å²) >= 11 is 1.80. The molecule has 0 aromatic carbocycles. The van der Waals surface area contributed by atoms with Gasteiger partial charge in [-0.15, -0.1) is 11.8 Å². The smallest absolute Gasteiger partial charge is 0.250 e. The van der Waals surface area contributed by atoms with Gasteiger partial charge in [0, 0.05) is 38.1 Å². The minimum atomic E-state index is -0.435. The first-order valence-electron chi connectivity index (χ1n) is 7.38. The van der Waals surface area contributed by atoms with Crippen LogP contribution in [-0.4, -0.2) is 58.7 Å². The largest absolute Gasteiger partial charge is 0.471 e. The summed E-state index contributed by atoms with van der Waals surface area (Å²) in [6.45, 7) is 4.00. The average Bonchev–Trinajstić information content (AvgIpc) is 2.90. The summed E-state index contributed by atoms with van der Waals surface area (Å²) in [6, 6.07) is 2.89. The van der Waals surface area contributed by atoms with Gasteiger partial charge in [0.15, 0.2) is 5.82 Å². The van der Waals surface area contributed by atoms with Crippen molar-refractivity contribution in [1.82, 2.24) is 9.88 Å². The molecule has 5 nitrogen and oxygen atoms in total. The second-order valence-electron chi connectivity index (χ2n) is 5.62. The molecule has 1 spiro atoms. The molecule has 0 unspecified atom stereocenters. The maximum absolute atomic E-state index is 13.6. The number of thioether (sulfide) groups is 1. The van der Waals surface area contributed by atoms with Crippen molar-refractivity contribution < 1.29 is 18.7 Å². The lowest BCUT2D eigenvalue weighted by Gasteiger charge is -2.47. The van der Waals surface area contributed by atoms with Crippen LogP contribution < -0.4 is 4.74 Å². The highest BCUT2D eigenvalue weighted by atomic mass is 32.2. The first-order valence-corrected chi connectivity index (χ1v) is 8.37. The summed E-state index contributed by atoms with van der Waals surface area (Å²) in [5.41, 5.74) is 0. The molecule has 120 valence electrons. The number of hydrogen-bond acceptors (Lipinski definition) is 5. The summed E-state index contributed by atoms with van der Waals surface area (Å²) in [7, 11) is 0. The third-order valence-corrected chi connectivity index (χ3v) is 5.49. The van der Waals surface area contributed by atoms with Gasteiger partial charge in [-0.1, -0.05) is 0 Å². The quantitative estimate of drug-likeness (QED) is 0.825. The number of amides is 1. The van der Waals surface area contributed by atoms with Crippen molar-refractivity contribution in [3.05, 3.63) is 24.1 Å². The molecule has 0 saturated carbocycles. The zero-order valence-electron chi connectivity index (χ0n) is 12.5. The van der Waals surface area contributed by atoms with Crippen LogP contribution >= 0.6 is 11.8 Å². The highest BCUT2D eigenvalue weighted by molar-refractivity contribution is 8.01. The van der Waals surface area contributed by atoms with Crippen LogP contribution in [0.4, 0.5) is 4.39 Å². The topological polar surface area (TPSA) is 51.7 Å². The Hall–Kier alpha value is -1.34. The zero-order valence-corrected chi connectivity index (χ0v) is 13.3. The average molecular weight is 326 g/mol. The summed E-state index contributed by atoms with van der Waals surface area (Å²) < 4.78 is 24.4. The highest BCUT2D eigenvalue weighted by Crippen LogP contribution is 2.46. The third kappa shape index (κ3) is 3.20. The summed E-state index contributed by atoms with van der Waals surface area (Å²) in [5, 5.41) is 0. The summed E-state index contributed by atoms with van der Waals surface area (Å²) in [5.74, 6) is 0.460. The number of likely N-dealkylation sites (tertiary alicyclic amines) is 1. The molecule has 0 radical (unpaired) electrons. The maximum Gasteiger partial charge on any atom is 0.250 e. The predicted octanol–water partition coefficient (Wildman–Crippen LogP) is 1.72. The van der Waals surface area contributed by atoms with Crippen LogP contribution in [0.15, 0.2) is 18.3 Å². The molecule has 1 amide bonds. The normalized spacial score (nSPS) is 22.6. The first kappa shape index (κ1) is 15.6. The number of halogens is 1. The lowest BCUT2D eigenvalue weighted by molar-refractivity contribution is -0.141. The van der Waals surface area contributed by atoms with Gasteiger partial charge in [-0.25, -0.2) is 9.37 Å². The number of hydrogen-bond donors (Lipinski definition) is 0.